The van der Waals surface area contributed by atoms with Crippen molar-refractivity contribution in [1.29, 1.82) is 0 Å². The Morgan fingerprint density at radius 1 is 1.03 bits per heavy atom. The van der Waals surface area contributed by atoms with Gasteiger partial charge in [-0.05, 0) is 49.5 Å². The molecular weight excluding hydrogens is 461 g/mol. The highest BCUT2D eigenvalue weighted by Crippen LogP contribution is 2.25. The first-order chi connectivity index (χ1) is 13.3. The fraction of sp³-hybridized carbons (Fsp3) is 0.619. The van der Waals surface area contributed by atoms with E-state index in [1.165, 1.54) is 61.8 Å². The second-order valence-electron chi connectivity index (χ2n) is 7.74. The zero-order valence-electron chi connectivity index (χ0n) is 17.6. The summed E-state index contributed by atoms with van der Waals surface area (Å²) in [7, 11) is 0. The zero-order chi connectivity index (χ0) is 18.5. The van der Waals surface area contributed by atoms with Gasteiger partial charge >= 0.3 is 0 Å². The summed E-state index contributed by atoms with van der Waals surface area (Å²) in [6.07, 6.45) is 4.72. The van der Waals surface area contributed by atoms with E-state index in [0.29, 0.717) is 6.04 Å². The van der Waals surface area contributed by atoms with Crippen LogP contribution in [0.3, 0.4) is 0 Å². The van der Waals surface area contributed by atoms with Crippen LogP contribution in [0, 0.1) is 0 Å². The third-order valence-electron chi connectivity index (χ3n) is 5.99. The van der Waals surface area contributed by atoms with E-state index in [0.717, 1.165) is 25.9 Å². The topological polar surface area (TPSA) is 35.5 Å². The Kier molecular flexibility index (Phi) is 12.5. The van der Waals surface area contributed by atoms with E-state index in [-0.39, 0.29) is 37.2 Å². The molecule has 1 fully saturated rings. The number of hydrogen-bond donors (Lipinski definition) is 0. The molecule has 0 radical (unpaired) electrons. The number of piperazine rings is 1. The minimum absolute atomic E-state index is 0. The van der Waals surface area contributed by atoms with Crippen LogP contribution in [0.1, 0.15) is 30.3 Å². The van der Waals surface area contributed by atoms with Gasteiger partial charge < -0.3 is 4.90 Å². The second kappa shape index (κ2) is 13.7. The Labute approximate surface area is 203 Å². The molecule has 4 rings (SSSR count). The third-order valence-corrected chi connectivity index (χ3v) is 6.78. The molecule has 0 bridgehead atoms. The number of benzene rings is 1. The van der Waals surface area contributed by atoms with E-state index in [4.69, 9.17) is 0 Å². The van der Waals surface area contributed by atoms with Gasteiger partial charge in [0.15, 0.2) is 0 Å². The smallest absolute Gasteiger partial charge is 0.0788 e. The standard InChI is InChI=1S/C21H31N5S.3ClH/c1-2-10-25(19-8-9-20-21(17-19)27-23-22-20)14-11-24-12-15-26(16-13-24)18-6-4-3-5-7-18;;;/h3-7,19H,2,8-17H2,1H3;3*1H. The number of anilines is 1. The van der Waals surface area contributed by atoms with Gasteiger partial charge in [0.05, 0.1) is 10.6 Å². The molecule has 2 aliphatic rings. The highest BCUT2D eigenvalue weighted by atomic mass is 35.5. The highest BCUT2D eigenvalue weighted by molar-refractivity contribution is 7.05. The van der Waals surface area contributed by atoms with E-state index in [1.807, 2.05) is 0 Å². The van der Waals surface area contributed by atoms with Gasteiger partial charge in [-0.15, -0.1) is 42.3 Å². The van der Waals surface area contributed by atoms with Crippen molar-refractivity contribution in [3.63, 3.8) is 0 Å². The number of halogens is 3. The molecule has 9 heteroatoms. The summed E-state index contributed by atoms with van der Waals surface area (Å²) in [4.78, 5) is 9.31. The lowest BCUT2D eigenvalue weighted by Gasteiger charge is -2.39. The van der Waals surface area contributed by atoms with Crippen molar-refractivity contribution in [3.05, 3.63) is 40.9 Å². The maximum atomic E-state index is 4.29. The van der Waals surface area contributed by atoms with Gasteiger partial charge in [-0.2, -0.15) is 0 Å². The summed E-state index contributed by atoms with van der Waals surface area (Å²) < 4.78 is 4.16. The lowest BCUT2D eigenvalue weighted by molar-refractivity contribution is 0.146. The minimum atomic E-state index is 0. The second-order valence-corrected chi connectivity index (χ2v) is 8.58. The SMILES string of the molecule is CCCN(CCN1CCN(c2ccccc2)CC1)C1CCc2nnsc2C1.Cl.Cl.Cl. The average Bonchev–Trinajstić information content (AvgIpc) is 3.20. The van der Waals surface area contributed by atoms with Gasteiger partial charge in [-0.25, -0.2) is 0 Å². The molecule has 0 N–H and O–H groups in total. The molecule has 1 atom stereocenters. The van der Waals surface area contributed by atoms with Gasteiger partial charge in [0.1, 0.15) is 0 Å². The predicted molar refractivity (Wildman–Crippen MR) is 134 cm³/mol. The molecule has 0 spiro atoms. The number of para-hydroxylation sites is 1. The van der Waals surface area contributed by atoms with Crippen molar-refractivity contribution in [2.45, 2.75) is 38.6 Å². The molecule has 1 aliphatic heterocycles. The number of nitrogens with zero attached hydrogens (tertiary/aromatic N) is 5. The van der Waals surface area contributed by atoms with E-state index in [9.17, 15) is 0 Å². The van der Waals surface area contributed by atoms with Crippen molar-refractivity contribution in [1.82, 2.24) is 19.4 Å². The van der Waals surface area contributed by atoms with Crippen LogP contribution in [0.2, 0.25) is 0 Å². The lowest BCUT2D eigenvalue weighted by atomic mass is 9.96. The first kappa shape index (κ1) is 27.4. The van der Waals surface area contributed by atoms with Crippen LogP contribution in [0.4, 0.5) is 5.69 Å². The molecule has 170 valence electrons. The van der Waals surface area contributed by atoms with E-state index in [1.54, 1.807) is 11.5 Å². The monoisotopic (exact) mass is 493 g/mol. The van der Waals surface area contributed by atoms with Crippen molar-refractivity contribution in [3.8, 4) is 0 Å². The highest BCUT2D eigenvalue weighted by Gasteiger charge is 2.27. The summed E-state index contributed by atoms with van der Waals surface area (Å²) in [5, 5.41) is 4.29. The maximum absolute atomic E-state index is 4.29. The Morgan fingerprint density at radius 2 is 1.77 bits per heavy atom. The fourth-order valence-corrected chi connectivity index (χ4v) is 5.16. The maximum Gasteiger partial charge on any atom is 0.0788 e. The average molecular weight is 495 g/mol. The molecular formula is C21H34Cl3N5S. The molecule has 1 unspecified atom stereocenters. The van der Waals surface area contributed by atoms with Gasteiger partial charge in [0.2, 0.25) is 0 Å². The molecule has 1 aromatic carbocycles. The Morgan fingerprint density at radius 3 is 2.47 bits per heavy atom. The van der Waals surface area contributed by atoms with Gasteiger partial charge in [0, 0.05) is 57.4 Å². The number of aromatic nitrogens is 2. The minimum Gasteiger partial charge on any atom is -0.369 e. The molecule has 5 nitrogen and oxygen atoms in total. The Balaban J connectivity index is 0.00000150. The van der Waals surface area contributed by atoms with Gasteiger partial charge in [-0.3, -0.25) is 9.80 Å². The van der Waals surface area contributed by atoms with Gasteiger partial charge in [-0.1, -0.05) is 29.6 Å². The molecule has 0 amide bonds. The van der Waals surface area contributed by atoms with Crippen LogP contribution in [-0.4, -0.2) is 71.2 Å². The third kappa shape index (κ3) is 6.94. The molecule has 0 saturated carbocycles. The summed E-state index contributed by atoms with van der Waals surface area (Å²) in [5.74, 6) is 0. The number of rotatable bonds is 7. The Hall–Kier alpha value is -0.630. The largest absolute Gasteiger partial charge is 0.369 e. The molecule has 1 saturated heterocycles. The normalized spacial score (nSPS) is 18.7. The summed E-state index contributed by atoms with van der Waals surface area (Å²) in [6, 6.07) is 11.5. The predicted octanol–water partition coefficient (Wildman–Crippen LogP) is 4.20. The molecule has 2 aromatic rings. The quantitative estimate of drug-likeness (QED) is 0.576. The van der Waals surface area contributed by atoms with Crippen molar-refractivity contribution in [2.24, 2.45) is 0 Å². The molecule has 30 heavy (non-hydrogen) atoms. The van der Waals surface area contributed by atoms with Crippen molar-refractivity contribution < 1.29 is 0 Å². The molecule has 1 aromatic heterocycles. The number of aryl methyl sites for hydroxylation is 1. The Bertz CT molecular complexity index is 710. The summed E-state index contributed by atoms with van der Waals surface area (Å²) in [5.41, 5.74) is 2.62. The van der Waals surface area contributed by atoms with Gasteiger partial charge in [0.25, 0.3) is 0 Å². The van der Waals surface area contributed by atoms with E-state index in [2.05, 4.69) is 61.5 Å². The fourth-order valence-electron chi connectivity index (χ4n) is 4.41. The van der Waals surface area contributed by atoms with E-state index < -0.39 is 0 Å². The summed E-state index contributed by atoms with van der Waals surface area (Å²) >= 11 is 1.61. The first-order valence-corrected chi connectivity index (χ1v) is 11.2. The lowest BCUT2D eigenvalue weighted by Crippen LogP contribution is -2.50. The zero-order valence-corrected chi connectivity index (χ0v) is 20.9. The van der Waals surface area contributed by atoms with Crippen LogP contribution in [-0.2, 0) is 12.8 Å². The van der Waals surface area contributed by atoms with Crippen LogP contribution < -0.4 is 4.90 Å². The van der Waals surface area contributed by atoms with Crippen LogP contribution in [0.25, 0.3) is 0 Å². The summed E-state index contributed by atoms with van der Waals surface area (Å²) in [6.45, 7) is 10.5. The number of hydrogen-bond acceptors (Lipinski definition) is 6. The van der Waals surface area contributed by atoms with Crippen molar-refractivity contribution in [2.75, 3.05) is 50.7 Å². The van der Waals surface area contributed by atoms with Crippen LogP contribution in [0.5, 0.6) is 0 Å². The van der Waals surface area contributed by atoms with E-state index >= 15 is 0 Å². The molecule has 1 aliphatic carbocycles. The van der Waals surface area contributed by atoms with Crippen LogP contribution in [0.15, 0.2) is 30.3 Å². The van der Waals surface area contributed by atoms with Crippen LogP contribution >= 0.6 is 48.8 Å². The molecule has 2 heterocycles. The van der Waals surface area contributed by atoms with Crippen molar-refractivity contribution >= 4 is 54.4 Å². The first-order valence-electron chi connectivity index (χ1n) is 10.4. The number of fused-ring (bicyclic) bond motifs is 1.